The average Bonchev–Trinajstić information content (AvgIpc) is 2.41. The Morgan fingerprint density at radius 2 is 2.00 bits per heavy atom. The van der Waals surface area contributed by atoms with E-state index in [0.717, 1.165) is 31.7 Å². The van der Waals surface area contributed by atoms with Crippen LogP contribution in [0.1, 0.15) is 32.6 Å². The Labute approximate surface area is 119 Å². The van der Waals surface area contributed by atoms with Crippen molar-refractivity contribution < 1.29 is 17.5 Å². The van der Waals surface area contributed by atoms with Gasteiger partial charge in [-0.3, -0.25) is 0 Å². The molecule has 1 N–H and O–H groups in total. The van der Waals surface area contributed by atoms with Gasteiger partial charge in [0, 0.05) is 6.04 Å². The van der Waals surface area contributed by atoms with Gasteiger partial charge in [0.15, 0.2) is 0 Å². The quantitative estimate of drug-likeness (QED) is 0.930. The zero-order valence-corrected chi connectivity index (χ0v) is 12.5. The third-order valence-corrected chi connectivity index (χ3v) is 5.34. The van der Waals surface area contributed by atoms with Crippen molar-refractivity contribution in [2.45, 2.75) is 43.5 Å². The van der Waals surface area contributed by atoms with Gasteiger partial charge in [-0.25, -0.2) is 17.5 Å². The molecule has 1 aromatic rings. The lowest BCUT2D eigenvalue weighted by Crippen LogP contribution is -2.41. The van der Waals surface area contributed by atoms with Crippen LogP contribution in [0.4, 0.5) is 4.39 Å². The van der Waals surface area contributed by atoms with Crippen molar-refractivity contribution in [1.29, 1.82) is 0 Å². The highest BCUT2D eigenvalue weighted by Crippen LogP contribution is 2.28. The normalized spacial score (nSPS) is 23.6. The SMILES string of the molecule is COc1ccc(F)cc1S(=O)(=O)N[C@@H]1CCCC[C@H]1C. The fourth-order valence-electron chi connectivity index (χ4n) is 2.61. The van der Waals surface area contributed by atoms with Crippen LogP contribution in [-0.2, 0) is 10.0 Å². The molecular formula is C14H20FNO3S. The van der Waals surface area contributed by atoms with Crippen molar-refractivity contribution >= 4 is 10.0 Å². The Morgan fingerprint density at radius 1 is 1.30 bits per heavy atom. The maximum absolute atomic E-state index is 13.3. The molecule has 1 saturated carbocycles. The third kappa shape index (κ3) is 3.30. The Morgan fingerprint density at radius 3 is 2.65 bits per heavy atom. The van der Waals surface area contributed by atoms with Crippen molar-refractivity contribution in [1.82, 2.24) is 4.72 Å². The monoisotopic (exact) mass is 301 g/mol. The summed E-state index contributed by atoms with van der Waals surface area (Å²) >= 11 is 0. The summed E-state index contributed by atoms with van der Waals surface area (Å²) in [6.45, 7) is 2.04. The second-order valence-corrected chi connectivity index (χ2v) is 6.97. The Balaban J connectivity index is 2.28. The molecule has 0 radical (unpaired) electrons. The van der Waals surface area contributed by atoms with Crippen molar-refractivity contribution in [3.8, 4) is 5.75 Å². The zero-order valence-electron chi connectivity index (χ0n) is 11.7. The lowest BCUT2D eigenvalue weighted by molar-refractivity contribution is 0.310. The number of hydrogen-bond donors (Lipinski definition) is 1. The van der Waals surface area contributed by atoms with Crippen LogP contribution in [-0.4, -0.2) is 21.6 Å². The summed E-state index contributed by atoms with van der Waals surface area (Å²) in [5.74, 6) is -0.150. The zero-order chi connectivity index (χ0) is 14.8. The molecule has 112 valence electrons. The maximum Gasteiger partial charge on any atom is 0.244 e. The average molecular weight is 301 g/mol. The molecule has 0 spiro atoms. The van der Waals surface area contributed by atoms with E-state index in [1.54, 1.807) is 0 Å². The van der Waals surface area contributed by atoms with Crippen LogP contribution in [0.15, 0.2) is 23.1 Å². The minimum atomic E-state index is -3.77. The molecule has 2 atom stereocenters. The van der Waals surface area contributed by atoms with Gasteiger partial charge in [-0.05, 0) is 37.0 Å². The van der Waals surface area contributed by atoms with E-state index in [2.05, 4.69) is 4.72 Å². The number of halogens is 1. The molecule has 6 heteroatoms. The highest BCUT2D eigenvalue weighted by molar-refractivity contribution is 7.89. The molecule has 1 aliphatic carbocycles. The molecule has 0 aliphatic heterocycles. The van der Waals surface area contributed by atoms with Gasteiger partial charge >= 0.3 is 0 Å². The highest BCUT2D eigenvalue weighted by atomic mass is 32.2. The number of sulfonamides is 1. The lowest BCUT2D eigenvalue weighted by atomic mass is 9.87. The maximum atomic E-state index is 13.3. The highest BCUT2D eigenvalue weighted by Gasteiger charge is 2.28. The van der Waals surface area contributed by atoms with E-state index < -0.39 is 15.8 Å². The Hall–Kier alpha value is -1.14. The first kappa shape index (κ1) is 15.3. The molecule has 0 unspecified atom stereocenters. The third-order valence-electron chi connectivity index (χ3n) is 3.83. The summed E-state index contributed by atoms with van der Waals surface area (Å²) in [6.07, 6.45) is 3.96. The van der Waals surface area contributed by atoms with Crippen LogP contribution in [0.3, 0.4) is 0 Å². The summed E-state index contributed by atoms with van der Waals surface area (Å²) in [7, 11) is -2.40. The molecule has 1 aromatic carbocycles. The van der Waals surface area contributed by atoms with Crippen molar-refractivity contribution in [2.24, 2.45) is 5.92 Å². The molecule has 20 heavy (non-hydrogen) atoms. The van der Waals surface area contributed by atoms with E-state index in [4.69, 9.17) is 4.74 Å². The molecule has 0 heterocycles. The minimum absolute atomic E-state index is 0.0956. The van der Waals surface area contributed by atoms with Gasteiger partial charge in [-0.2, -0.15) is 0 Å². The summed E-state index contributed by atoms with van der Waals surface area (Å²) in [6, 6.07) is 3.41. The standard InChI is InChI=1S/C14H20FNO3S/c1-10-5-3-4-6-12(10)16-20(17,18)14-9-11(15)7-8-13(14)19-2/h7-10,12,16H,3-6H2,1-2H3/t10-,12-/m1/s1. The first-order chi connectivity index (χ1) is 9.44. The van der Waals surface area contributed by atoms with E-state index in [1.165, 1.54) is 19.2 Å². The molecule has 0 amide bonds. The van der Waals surface area contributed by atoms with E-state index in [0.29, 0.717) is 0 Å². The van der Waals surface area contributed by atoms with Crippen LogP contribution < -0.4 is 9.46 Å². The van der Waals surface area contributed by atoms with Crippen LogP contribution in [0, 0.1) is 11.7 Å². The molecule has 0 saturated heterocycles. The Kier molecular flexibility index (Phi) is 4.65. The number of methoxy groups -OCH3 is 1. The van der Waals surface area contributed by atoms with Crippen LogP contribution in [0.25, 0.3) is 0 Å². The summed E-state index contributed by atoms with van der Waals surface area (Å²) < 4.78 is 45.9. The topological polar surface area (TPSA) is 55.4 Å². The van der Waals surface area contributed by atoms with Gasteiger partial charge in [0.25, 0.3) is 0 Å². The van der Waals surface area contributed by atoms with Crippen LogP contribution in [0.5, 0.6) is 5.75 Å². The molecule has 1 aliphatic rings. The van der Waals surface area contributed by atoms with E-state index in [-0.39, 0.29) is 22.6 Å². The second-order valence-electron chi connectivity index (χ2n) is 5.28. The van der Waals surface area contributed by atoms with Gasteiger partial charge in [0.1, 0.15) is 16.5 Å². The van der Waals surface area contributed by atoms with E-state index in [9.17, 15) is 12.8 Å². The van der Waals surface area contributed by atoms with Gasteiger partial charge in [0.2, 0.25) is 10.0 Å². The number of hydrogen-bond acceptors (Lipinski definition) is 3. The number of ether oxygens (including phenoxy) is 1. The number of nitrogens with one attached hydrogen (secondary N) is 1. The number of rotatable bonds is 4. The van der Waals surface area contributed by atoms with Gasteiger partial charge < -0.3 is 4.74 Å². The smallest absolute Gasteiger partial charge is 0.244 e. The minimum Gasteiger partial charge on any atom is -0.495 e. The van der Waals surface area contributed by atoms with Crippen molar-refractivity contribution in [3.63, 3.8) is 0 Å². The summed E-state index contributed by atoms with van der Waals surface area (Å²) in [5, 5.41) is 0. The van der Waals surface area contributed by atoms with Crippen LogP contribution in [0.2, 0.25) is 0 Å². The van der Waals surface area contributed by atoms with Gasteiger partial charge in [-0.15, -0.1) is 0 Å². The molecule has 0 aromatic heterocycles. The predicted molar refractivity (Wildman–Crippen MR) is 74.7 cm³/mol. The largest absolute Gasteiger partial charge is 0.495 e. The van der Waals surface area contributed by atoms with E-state index in [1.807, 2.05) is 6.92 Å². The van der Waals surface area contributed by atoms with Crippen molar-refractivity contribution in [3.05, 3.63) is 24.0 Å². The van der Waals surface area contributed by atoms with Gasteiger partial charge in [0.05, 0.1) is 7.11 Å². The Bertz CT molecular complexity index is 574. The lowest BCUT2D eigenvalue weighted by Gasteiger charge is -2.29. The van der Waals surface area contributed by atoms with Gasteiger partial charge in [-0.1, -0.05) is 19.8 Å². The van der Waals surface area contributed by atoms with Crippen LogP contribution >= 0.6 is 0 Å². The summed E-state index contributed by atoms with van der Waals surface area (Å²) in [5.41, 5.74) is 0. The van der Waals surface area contributed by atoms with E-state index >= 15 is 0 Å². The molecule has 1 fully saturated rings. The first-order valence-electron chi connectivity index (χ1n) is 6.80. The fraction of sp³-hybridized carbons (Fsp3) is 0.571. The van der Waals surface area contributed by atoms with Crippen molar-refractivity contribution in [2.75, 3.05) is 7.11 Å². The second kappa shape index (κ2) is 6.10. The molecule has 2 rings (SSSR count). The summed E-state index contributed by atoms with van der Waals surface area (Å²) in [4.78, 5) is -0.141. The molecule has 4 nitrogen and oxygen atoms in total. The molecular weight excluding hydrogens is 281 g/mol. The predicted octanol–water partition coefficient (Wildman–Crippen LogP) is 2.69. The number of benzene rings is 1. The molecule has 0 bridgehead atoms. The first-order valence-corrected chi connectivity index (χ1v) is 8.28. The fourth-order valence-corrected chi connectivity index (χ4v) is 4.17.